The fraction of sp³-hybridized carbons (Fsp3) is 0.350. The molecule has 27 heavy (non-hydrogen) atoms. The highest BCUT2D eigenvalue weighted by molar-refractivity contribution is 7.90. The first kappa shape index (κ1) is 21.3. The second kappa shape index (κ2) is 9.24. The average molecular weight is 410 g/mol. The summed E-state index contributed by atoms with van der Waals surface area (Å²) in [5.41, 5.74) is 0.847. The smallest absolute Gasteiger partial charge is 0.261 e. The van der Waals surface area contributed by atoms with Crippen molar-refractivity contribution in [1.29, 1.82) is 0 Å². The van der Waals surface area contributed by atoms with Crippen molar-refractivity contribution in [3.05, 3.63) is 59.1 Å². The summed E-state index contributed by atoms with van der Waals surface area (Å²) in [6, 6.07) is 13.2. The van der Waals surface area contributed by atoms with Crippen molar-refractivity contribution in [2.75, 3.05) is 6.26 Å². The molecule has 1 N–H and O–H groups in total. The molecule has 0 bridgehead atoms. The maximum Gasteiger partial charge on any atom is 0.261 e. The first-order chi connectivity index (χ1) is 12.7. The predicted octanol–water partition coefficient (Wildman–Crippen LogP) is 4.17. The fourth-order valence-corrected chi connectivity index (χ4v) is 3.39. The Kier molecular flexibility index (Phi) is 7.27. The van der Waals surface area contributed by atoms with Crippen molar-refractivity contribution >= 4 is 27.3 Å². The van der Waals surface area contributed by atoms with Gasteiger partial charge >= 0.3 is 0 Å². The van der Waals surface area contributed by atoms with Crippen molar-refractivity contribution in [3.63, 3.8) is 0 Å². The minimum absolute atomic E-state index is 0.216. The van der Waals surface area contributed by atoms with Gasteiger partial charge in [-0.3, -0.25) is 4.79 Å². The summed E-state index contributed by atoms with van der Waals surface area (Å²) >= 11 is 5.87. The van der Waals surface area contributed by atoms with Crippen LogP contribution in [0.15, 0.2) is 53.4 Å². The predicted molar refractivity (Wildman–Crippen MR) is 107 cm³/mol. The Morgan fingerprint density at radius 1 is 1.04 bits per heavy atom. The quantitative estimate of drug-likeness (QED) is 0.710. The van der Waals surface area contributed by atoms with E-state index in [1.54, 1.807) is 48.5 Å². The van der Waals surface area contributed by atoms with Gasteiger partial charge in [-0.25, -0.2) is 8.42 Å². The number of hydrogen-bond acceptors (Lipinski definition) is 4. The summed E-state index contributed by atoms with van der Waals surface area (Å²) in [6.45, 7) is 3.83. The Morgan fingerprint density at radius 3 is 2.11 bits per heavy atom. The van der Waals surface area contributed by atoms with Crippen molar-refractivity contribution in [2.24, 2.45) is 0 Å². The third-order valence-electron chi connectivity index (χ3n) is 4.19. The van der Waals surface area contributed by atoms with E-state index in [0.717, 1.165) is 5.56 Å². The van der Waals surface area contributed by atoms with Crippen LogP contribution in [0.25, 0.3) is 0 Å². The summed E-state index contributed by atoms with van der Waals surface area (Å²) in [6.07, 6.45) is 1.72. The fourth-order valence-electron chi connectivity index (χ4n) is 2.63. The number of carbonyl (C=O) groups excluding carboxylic acids is 1. The molecule has 0 aliphatic carbocycles. The molecule has 2 aromatic rings. The number of rotatable bonds is 8. The first-order valence-corrected chi connectivity index (χ1v) is 11.0. The molecule has 0 fully saturated rings. The van der Waals surface area contributed by atoms with E-state index in [0.29, 0.717) is 23.6 Å². The molecule has 2 aromatic carbocycles. The Hall–Kier alpha value is -2.05. The Balaban J connectivity index is 2.09. The summed E-state index contributed by atoms with van der Waals surface area (Å²) in [4.78, 5) is 12.9. The van der Waals surface area contributed by atoms with Gasteiger partial charge in [0.1, 0.15) is 5.75 Å². The second-order valence-electron chi connectivity index (χ2n) is 6.28. The number of ether oxygens (including phenoxy) is 1. The minimum Gasteiger partial charge on any atom is -0.481 e. The number of sulfone groups is 1. The van der Waals surface area contributed by atoms with Gasteiger partial charge in [-0.05, 0) is 54.8 Å². The molecule has 0 unspecified atom stereocenters. The van der Waals surface area contributed by atoms with Crippen LogP contribution in [0, 0.1) is 0 Å². The van der Waals surface area contributed by atoms with Gasteiger partial charge in [-0.1, -0.05) is 37.6 Å². The molecule has 0 radical (unpaired) electrons. The second-order valence-corrected chi connectivity index (χ2v) is 8.73. The average Bonchev–Trinajstić information content (AvgIpc) is 2.64. The highest BCUT2D eigenvalue weighted by Crippen LogP contribution is 2.21. The molecule has 5 nitrogen and oxygen atoms in total. The van der Waals surface area contributed by atoms with Crippen LogP contribution >= 0.6 is 11.6 Å². The number of hydrogen-bond donors (Lipinski definition) is 1. The van der Waals surface area contributed by atoms with Gasteiger partial charge in [0.25, 0.3) is 5.91 Å². The SMILES string of the molecule is CC[C@H](NC(=O)[C@@H](CC)Oc1ccc(Cl)cc1)c1ccc(S(C)(=O)=O)cc1. The van der Waals surface area contributed by atoms with Gasteiger partial charge in [0.2, 0.25) is 0 Å². The lowest BCUT2D eigenvalue weighted by Gasteiger charge is -2.22. The highest BCUT2D eigenvalue weighted by atomic mass is 35.5. The third kappa shape index (κ3) is 5.97. The van der Waals surface area contributed by atoms with Crippen LogP contribution < -0.4 is 10.1 Å². The Labute approximate surface area is 165 Å². The van der Waals surface area contributed by atoms with E-state index in [-0.39, 0.29) is 16.8 Å². The van der Waals surface area contributed by atoms with E-state index in [2.05, 4.69) is 5.32 Å². The molecule has 0 aromatic heterocycles. The normalized spacial score (nSPS) is 13.6. The third-order valence-corrected chi connectivity index (χ3v) is 5.57. The van der Waals surface area contributed by atoms with E-state index < -0.39 is 15.9 Å². The molecular weight excluding hydrogens is 386 g/mol. The highest BCUT2D eigenvalue weighted by Gasteiger charge is 2.22. The molecule has 0 spiro atoms. The molecule has 1 amide bonds. The number of carbonyl (C=O) groups is 1. The van der Waals surface area contributed by atoms with Crippen molar-refractivity contribution in [1.82, 2.24) is 5.32 Å². The van der Waals surface area contributed by atoms with Gasteiger partial charge in [0, 0.05) is 11.3 Å². The van der Waals surface area contributed by atoms with Crippen molar-refractivity contribution < 1.29 is 17.9 Å². The van der Waals surface area contributed by atoms with E-state index in [1.165, 1.54) is 6.26 Å². The van der Waals surface area contributed by atoms with Gasteiger partial charge < -0.3 is 10.1 Å². The Bertz CT molecular complexity index is 864. The van der Waals surface area contributed by atoms with Crippen LogP contribution in [-0.4, -0.2) is 26.7 Å². The summed E-state index contributed by atoms with van der Waals surface area (Å²) in [5.74, 6) is 0.360. The molecule has 0 saturated carbocycles. The molecular formula is C20H24ClNO4S. The van der Waals surface area contributed by atoms with Gasteiger partial charge in [0.05, 0.1) is 10.9 Å². The van der Waals surface area contributed by atoms with Crippen LogP contribution in [0.3, 0.4) is 0 Å². The molecule has 0 aliphatic rings. The number of benzene rings is 2. The molecule has 0 saturated heterocycles. The maximum atomic E-state index is 12.7. The summed E-state index contributed by atoms with van der Waals surface area (Å²) in [7, 11) is -3.25. The van der Waals surface area contributed by atoms with Crippen molar-refractivity contribution in [3.8, 4) is 5.75 Å². The molecule has 2 rings (SSSR count). The number of amides is 1. The number of halogens is 1. The summed E-state index contributed by atoms with van der Waals surface area (Å²) < 4.78 is 29.0. The monoisotopic (exact) mass is 409 g/mol. The van der Waals surface area contributed by atoms with Gasteiger partial charge in [-0.2, -0.15) is 0 Å². The van der Waals surface area contributed by atoms with Gasteiger partial charge in [0.15, 0.2) is 15.9 Å². The van der Waals surface area contributed by atoms with E-state index in [1.807, 2.05) is 13.8 Å². The zero-order valence-corrected chi connectivity index (χ0v) is 17.2. The molecule has 0 heterocycles. The first-order valence-electron chi connectivity index (χ1n) is 8.77. The van der Waals surface area contributed by atoms with Crippen LogP contribution in [0.4, 0.5) is 0 Å². The van der Waals surface area contributed by atoms with Crippen molar-refractivity contribution in [2.45, 2.75) is 43.7 Å². The molecule has 146 valence electrons. The lowest BCUT2D eigenvalue weighted by atomic mass is 10.0. The lowest BCUT2D eigenvalue weighted by Crippen LogP contribution is -2.39. The zero-order valence-electron chi connectivity index (χ0n) is 15.6. The van der Waals surface area contributed by atoms with E-state index in [9.17, 15) is 13.2 Å². The zero-order chi connectivity index (χ0) is 20.0. The maximum absolute atomic E-state index is 12.7. The van der Waals surface area contributed by atoms with Crippen LogP contribution in [-0.2, 0) is 14.6 Å². The van der Waals surface area contributed by atoms with E-state index in [4.69, 9.17) is 16.3 Å². The molecule has 2 atom stereocenters. The van der Waals surface area contributed by atoms with E-state index >= 15 is 0 Å². The number of nitrogens with one attached hydrogen (secondary N) is 1. The topological polar surface area (TPSA) is 72.5 Å². The standard InChI is InChI=1S/C20H24ClNO4S/c1-4-18(14-6-12-17(13-7-14)27(3,24)25)22-20(23)19(5-2)26-16-10-8-15(21)9-11-16/h6-13,18-19H,4-5H2,1-3H3,(H,22,23)/t18-,19+/m0/s1. The van der Waals surface area contributed by atoms with Crippen LogP contribution in [0.1, 0.15) is 38.3 Å². The minimum atomic E-state index is -3.25. The van der Waals surface area contributed by atoms with Gasteiger partial charge in [-0.15, -0.1) is 0 Å². The molecule has 0 aliphatic heterocycles. The molecule has 7 heteroatoms. The Morgan fingerprint density at radius 2 is 1.63 bits per heavy atom. The summed E-state index contributed by atoms with van der Waals surface area (Å²) in [5, 5.41) is 3.58. The van der Waals surface area contributed by atoms with Crippen LogP contribution in [0.5, 0.6) is 5.75 Å². The van der Waals surface area contributed by atoms with Crippen LogP contribution in [0.2, 0.25) is 5.02 Å². The lowest BCUT2D eigenvalue weighted by molar-refractivity contribution is -0.128. The largest absolute Gasteiger partial charge is 0.481 e.